The zero-order valence-electron chi connectivity index (χ0n) is 5.07. The number of aliphatic carboxylic acids is 1. The Kier molecular flexibility index (Phi) is 1.66. The van der Waals surface area contributed by atoms with E-state index in [2.05, 4.69) is 10.5 Å². The summed E-state index contributed by atoms with van der Waals surface area (Å²) in [5, 5.41) is 11.7. The van der Waals surface area contributed by atoms with E-state index in [4.69, 9.17) is 5.11 Å². The number of carbonyl (C=O) groups is 2. The van der Waals surface area contributed by atoms with Crippen molar-refractivity contribution in [3.05, 3.63) is 0 Å². The molecular formula is C5H6N2O3. The van der Waals surface area contributed by atoms with Gasteiger partial charge in [0.05, 0.1) is 12.3 Å². The van der Waals surface area contributed by atoms with Crippen molar-refractivity contribution in [3.8, 4) is 0 Å². The quantitative estimate of drug-likeness (QED) is 0.529. The molecule has 0 aliphatic carbocycles. The van der Waals surface area contributed by atoms with Crippen molar-refractivity contribution in [2.45, 2.75) is 6.42 Å². The summed E-state index contributed by atoms with van der Waals surface area (Å²) in [4.78, 5) is 20.7. The summed E-state index contributed by atoms with van der Waals surface area (Å²) in [5.41, 5.74) is 2.14. The number of rotatable bonds is 2. The summed E-state index contributed by atoms with van der Waals surface area (Å²) in [6.07, 6.45) is 1.12. The number of amides is 1. The molecule has 0 fully saturated rings. The monoisotopic (exact) mass is 142 g/mol. The predicted molar refractivity (Wildman–Crippen MR) is 32.4 cm³/mol. The topological polar surface area (TPSA) is 78.8 Å². The Bertz CT molecular complexity index is 199. The Morgan fingerprint density at radius 1 is 1.90 bits per heavy atom. The third-order valence-electron chi connectivity index (χ3n) is 1.16. The lowest BCUT2D eigenvalue weighted by molar-refractivity contribution is -0.139. The predicted octanol–water partition coefficient (Wildman–Crippen LogP) is -0.807. The normalized spacial score (nSPS) is 22.8. The summed E-state index contributed by atoms with van der Waals surface area (Å²) < 4.78 is 0. The average molecular weight is 142 g/mol. The van der Waals surface area contributed by atoms with E-state index < -0.39 is 11.9 Å². The summed E-state index contributed by atoms with van der Waals surface area (Å²) in [6.45, 7) is 0. The van der Waals surface area contributed by atoms with Gasteiger partial charge >= 0.3 is 5.97 Å². The molecule has 1 amide bonds. The maximum absolute atomic E-state index is 10.6. The van der Waals surface area contributed by atoms with Crippen LogP contribution < -0.4 is 5.43 Å². The van der Waals surface area contributed by atoms with Gasteiger partial charge in [-0.3, -0.25) is 9.59 Å². The van der Waals surface area contributed by atoms with Crippen molar-refractivity contribution in [3.63, 3.8) is 0 Å². The van der Waals surface area contributed by atoms with E-state index in [9.17, 15) is 9.59 Å². The van der Waals surface area contributed by atoms with E-state index in [-0.39, 0.29) is 12.3 Å². The molecule has 5 heteroatoms. The molecule has 10 heavy (non-hydrogen) atoms. The highest BCUT2D eigenvalue weighted by molar-refractivity contribution is 5.99. The molecule has 0 radical (unpaired) electrons. The van der Waals surface area contributed by atoms with Crippen LogP contribution in [-0.2, 0) is 9.59 Å². The highest BCUT2D eigenvalue weighted by atomic mass is 16.4. The van der Waals surface area contributed by atoms with Gasteiger partial charge in [-0.15, -0.1) is 0 Å². The maximum atomic E-state index is 10.6. The molecule has 54 valence electrons. The summed E-state index contributed by atoms with van der Waals surface area (Å²) in [5.74, 6) is -1.92. The van der Waals surface area contributed by atoms with Gasteiger partial charge in [0.25, 0.3) is 0 Å². The van der Waals surface area contributed by atoms with E-state index in [1.807, 2.05) is 0 Å². The molecule has 0 saturated carbocycles. The maximum Gasteiger partial charge on any atom is 0.304 e. The second kappa shape index (κ2) is 2.47. The van der Waals surface area contributed by atoms with E-state index in [1.165, 1.54) is 6.21 Å². The van der Waals surface area contributed by atoms with Gasteiger partial charge in [-0.2, -0.15) is 5.10 Å². The molecule has 1 unspecified atom stereocenters. The van der Waals surface area contributed by atoms with Crippen LogP contribution >= 0.6 is 0 Å². The van der Waals surface area contributed by atoms with Gasteiger partial charge in [-0.1, -0.05) is 0 Å². The number of nitrogens with zero attached hydrogens (tertiary/aromatic N) is 1. The molecule has 1 atom stereocenters. The molecular weight excluding hydrogens is 136 g/mol. The molecule has 1 aliphatic heterocycles. The van der Waals surface area contributed by atoms with Crippen molar-refractivity contribution < 1.29 is 14.7 Å². The molecule has 0 spiro atoms. The van der Waals surface area contributed by atoms with Crippen LogP contribution in [0.15, 0.2) is 5.10 Å². The van der Waals surface area contributed by atoms with Gasteiger partial charge in [0.15, 0.2) is 0 Å². The molecule has 0 aromatic heterocycles. The minimum atomic E-state index is -0.992. The van der Waals surface area contributed by atoms with Gasteiger partial charge in [0, 0.05) is 6.21 Å². The first-order valence-corrected chi connectivity index (χ1v) is 2.75. The number of hydrogen-bond donors (Lipinski definition) is 2. The van der Waals surface area contributed by atoms with Crippen LogP contribution in [0.3, 0.4) is 0 Å². The number of hydrogen-bond acceptors (Lipinski definition) is 3. The van der Waals surface area contributed by atoms with Crippen LogP contribution in [0.25, 0.3) is 0 Å². The van der Waals surface area contributed by atoms with Gasteiger partial charge in [0.2, 0.25) is 5.91 Å². The van der Waals surface area contributed by atoms with Crippen LogP contribution in [0.2, 0.25) is 0 Å². The number of nitrogens with one attached hydrogen (secondary N) is 1. The molecule has 5 nitrogen and oxygen atoms in total. The van der Waals surface area contributed by atoms with Crippen molar-refractivity contribution in [2.24, 2.45) is 11.0 Å². The lowest BCUT2D eigenvalue weighted by Crippen LogP contribution is -2.22. The summed E-state index contributed by atoms with van der Waals surface area (Å²) >= 11 is 0. The van der Waals surface area contributed by atoms with Gasteiger partial charge in [0.1, 0.15) is 0 Å². The number of carbonyl (C=O) groups excluding carboxylic acids is 1. The lowest BCUT2D eigenvalue weighted by Gasteiger charge is -1.96. The van der Waals surface area contributed by atoms with Crippen molar-refractivity contribution in [1.29, 1.82) is 0 Å². The lowest BCUT2D eigenvalue weighted by atomic mass is 10.1. The Morgan fingerprint density at radius 3 is 3.00 bits per heavy atom. The summed E-state index contributed by atoms with van der Waals surface area (Å²) in [7, 11) is 0. The zero-order chi connectivity index (χ0) is 7.56. The fourth-order valence-electron chi connectivity index (χ4n) is 0.675. The zero-order valence-corrected chi connectivity index (χ0v) is 5.07. The molecule has 2 N–H and O–H groups in total. The van der Waals surface area contributed by atoms with Crippen LogP contribution in [0.1, 0.15) is 6.42 Å². The fourth-order valence-corrected chi connectivity index (χ4v) is 0.675. The number of hydrazone groups is 1. The van der Waals surface area contributed by atoms with Gasteiger partial charge in [-0.25, -0.2) is 5.43 Å². The average Bonchev–Trinajstić information content (AvgIpc) is 2.15. The van der Waals surface area contributed by atoms with Crippen LogP contribution in [0, 0.1) is 5.92 Å². The molecule has 1 aliphatic rings. The second-order valence-electron chi connectivity index (χ2n) is 1.96. The van der Waals surface area contributed by atoms with Crippen LogP contribution in [0.5, 0.6) is 0 Å². The first-order valence-electron chi connectivity index (χ1n) is 2.75. The molecule has 1 rings (SSSR count). The first kappa shape index (κ1) is 6.73. The van der Waals surface area contributed by atoms with E-state index >= 15 is 0 Å². The molecule has 0 aromatic rings. The fraction of sp³-hybridized carbons (Fsp3) is 0.400. The third-order valence-corrected chi connectivity index (χ3v) is 1.16. The van der Waals surface area contributed by atoms with E-state index in [1.54, 1.807) is 0 Å². The van der Waals surface area contributed by atoms with Crippen LogP contribution in [-0.4, -0.2) is 23.2 Å². The molecule has 1 heterocycles. The minimum Gasteiger partial charge on any atom is -0.481 e. The highest BCUT2D eigenvalue weighted by Gasteiger charge is 2.22. The standard InChI is InChI=1S/C5H6N2O3/c8-4(9)1-3-2-6-7-5(3)10/h2-3H,1H2,(H,7,10)(H,8,9). The van der Waals surface area contributed by atoms with E-state index in [0.717, 1.165) is 0 Å². The largest absolute Gasteiger partial charge is 0.481 e. The second-order valence-corrected chi connectivity index (χ2v) is 1.96. The molecule has 0 aromatic carbocycles. The molecule has 0 saturated heterocycles. The minimum absolute atomic E-state index is 0.185. The van der Waals surface area contributed by atoms with Gasteiger partial charge < -0.3 is 5.11 Å². The van der Waals surface area contributed by atoms with Crippen molar-refractivity contribution >= 4 is 18.1 Å². The summed E-state index contributed by atoms with van der Waals surface area (Å²) in [6, 6.07) is 0. The Hall–Kier alpha value is -1.39. The van der Waals surface area contributed by atoms with Gasteiger partial charge in [-0.05, 0) is 0 Å². The van der Waals surface area contributed by atoms with Crippen molar-refractivity contribution in [2.75, 3.05) is 0 Å². The Labute approximate surface area is 56.7 Å². The Balaban J connectivity index is 2.48. The smallest absolute Gasteiger partial charge is 0.304 e. The van der Waals surface area contributed by atoms with Crippen LogP contribution in [0.4, 0.5) is 0 Å². The number of carboxylic acid groups (broad SMARTS) is 1. The van der Waals surface area contributed by atoms with E-state index in [0.29, 0.717) is 0 Å². The highest BCUT2D eigenvalue weighted by Crippen LogP contribution is 2.03. The van der Waals surface area contributed by atoms with Crippen molar-refractivity contribution in [1.82, 2.24) is 5.43 Å². The third kappa shape index (κ3) is 1.31. The first-order chi connectivity index (χ1) is 4.70. The SMILES string of the molecule is O=C(O)CC1C=NNC1=O. The Morgan fingerprint density at radius 2 is 2.60 bits per heavy atom. The number of carboxylic acids is 1. The molecule has 0 bridgehead atoms.